The van der Waals surface area contributed by atoms with Crippen molar-refractivity contribution in [2.45, 2.75) is 6.92 Å². The van der Waals surface area contributed by atoms with Crippen LogP contribution in [-0.4, -0.2) is 0 Å². The summed E-state index contributed by atoms with van der Waals surface area (Å²) in [4.78, 5) is 11.5. The molecular formula is C11H5BrClNO2. The first-order valence-corrected chi connectivity index (χ1v) is 5.54. The Balaban J connectivity index is 3.06. The number of rotatable bonds is 0. The van der Waals surface area contributed by atoms with Crippen molar-refractivity contribution in [1.29, 1.82) is 5.26 Å². The SMILES string of the molecule is Cc1c(C#N)c(=O)oc2c(Cl)cc(Br)cc12. The molecule has 0 radical (unpaired) electrons. The quantitative estimate of drug-likeness (QED) is 0.701. The molecule has 0 aliphatic heterocycles. The number of hydrogen-bond acceptors (Lipinski definition) is 3. The summed E-state index contributed by atoms with van der Waals surface area (Å²) in [5.74, 6) is 0. The summed E-state index contributed by atoms with van der Waals surface area (Å²) in [5, 5.41) is 9.85. The minimum absolute atomic E-state index is 0.0154. The molecule has 1 aromatic heterocycles. The Bertz CT molecular complexity index is 685. The molecule has 5 heteroatoms. The molecule has 0 saturated heterocycles. The minimum atomic E-state index is -0.656. The Morgan fingerprint density at radius 1 is 1.50 bits per heavy atom. The van der Waals surface area contributed by atoms with Crippen molar-refractivity contribution in [3.05, 3.63) is 43.2 Å². The van der Waals surface area contributed by atoms with E-state index in [1.807, 2.05) is 6.07 Å². The van der Waals surface area contributed by atoms with Gasteiger partial charge in [0.1, 0.15) is 11.6 Å². The molecule has 0 aliphatic rings. The second-order valence-corrected chi connectivity index (χ2v) is 4.59. The first kappa shape index (κ1) is 11.2. The van der Waals surface area contributed by atoms with Gasteiger partial charge in [-0.3, -0.25) is 0 Å². The van der Waals surface area contributed by atoms with E-state index in [9.17, 15) is 4.79 Å². The summed E-state index contributed by atoms with van der Waals surface area (Å²) < 4.78 is 5.79. The molecule has 2 rings (SSSR count). The highest BCUT2D eigenvalue weighted by atomic mass is 79.9. The molecular weight excluding hydrogens is 293 g/mol. The van der Waals surface area contributed by atoms with Crippen molar-refractivity contribution >= 4 is 38.5 Å². The number of hydrogen-bond donors (Lipinski definition) is 0. The van der Waals surface area contributed by atoms with Gasteiger partial charge in [0.15, 0.2) is 5.58 Å². The summed E-state index contributed by atoms with van der Waals surface area (Å²) in [7, 11) is 0. The summed E-state index contributed by atoms with van der Waals surface area (Å²) >= 11 is 9.25. The van der Waals surface area contributed by atoms with Crippen LogP contribution in [0.1, 0.15) is 11.1 Å². The van der Waals surface area contributed by atoms with Crippen LogP contribution >= 0.6 is 27.5 Å². The highest BCUT2D eigenvalue weighted by Gasteiger charge is 2.13. The Kier molecular flexibility index (Phi) is 2.75. The number of halogens is 2. The summed E-state index contributed by atoms with van der Waals surface area (Å²) in [6.45, 7) is 1.70. The van der Waals surface area contributed by atoms with Gasteiger partial charge in [-0.2, -0.15) is 5.26 Å². The molecule has 0 saturated carbocycles. The minimum Gasteiger partial charge on any atom is -0.420 e. The number of aryl methyl sites for hydroxylation is 1. The molecule has 1 heterocycles. The van der Waals surface area contributed by atoms with Crippen LogP contribution in [0, 0.1) is 18.3 Å². The first-order valence-electron chi connectivity index (χ1n) is 4.37. The van der Waals surface area contributed by atoms with Crippen LogP contribution in [-0.2, 0) is 0 Å². The lowest BCUT2D eigenvalue weighted by Gasteiger charge is -2.04. The van der Waals surface area contributed by atoms with E-state index < -0.39 is 5.63 Å². The van der Waals surface area contributed by atoms with Crippen molar-refractivity contribution < 1.29 is 4.42 Å². The number of nitriles is 1. The zero-order valence-corrected chi connectivity index (χ0v) is 10.5. The second kappa shape index (κ2) is 3.93. The molecule has 0 amide bonds. The number of nitrogens with zero attached hydrogens (tertiary/aromatic N) is 1. The van der Waals surface area contributed by atoms with Gasteiger partial charge in [0.2, 0.25) is 0 Å². The molecule has 0 spiro atoms. The second-order valence-electron chi connectivity index (χ2n) is 3.27. The van der Waals surface area contributed by atoms with Gasteiger partial charge in [-0.15, -0.1) is 0 Å². The zero-order chi connectivity index (χ0) is 11.9. The molecule has 0 unspecified atom stereocenters. The largest absolute Gasteiger partial charge is 0.420 e. The highest BCUT2D eigenvalue weighted by Crippen LogP contribution is 2.29. The molecule has 0 N–H and O–H groups in total. The van der Waals surface area contributed by atoms with Gasteiger partial charge < -0.3 is 4.42 Å². The molecule has 0 atom stereocenters. The lowest BCUT2D eigenvalue weighted by atomic mass is 10.1. The van der Waals surface area contributed by atoms with Crippen LogP contribution in [0.4, 0.5) is 0 Å². The fourth-order valence-electron chi connectivity index (χ4n) is 1.50. The van der Waals surface area contributed by atoms with Crippen LogP contribution < -0.4 is 5.63 Å². The third-order valence-corrected chi connectivity index (χ3v) is 3.04. The van der Waals surface area contributed by atoms with E-state index >= 15 is 0 Å². The highest BCUT2D eigenvalue weighted by molar-refractivity contribution is 9.10. The predicted octanol–water partition coefficient (Wildman–Crippen LogP) is 3.39. The van der Waals surface area contributed by atoms with Crippen LogP contribution in [0.2, 0.25) is 5.02 Å². The summed E-state index contributed by atoms with van der Waals surface area (Å²) in [6, 6.07) is 5.23. The monoisotopic (exact) mass is 297 g/mol. The first-order chi connectivity index (χ1) is 7.54. The van der Waals surface area contributed by atoms with Crippen molar-refractivity contribution in [2.24, 2.45) is 0 Å². The molecule has 3 nitrogen and oxygen atoms in total. The fraction of sp³-hybridized carbons (Fsp3) is 0.0909. The zero-order valence-electron chi connectivity index (χ0n) is 8.17. The third-order valence-electron chi connectivity index (χ3n) is 2.30. The molecule has 2 aromatic rings. The average molecular weight is 299 g/mol. The Morgan fingerprint density at radius 3 is 2.81 bits per heavy atom. The van der Waals surface area contributed by atoms with E-state index in [0.717, 1.165) is 4.47 Å². The maximum Gasteiger partial charge on any atom is 0.354 e. The topological polar surface area (TPSA) is 54.0 Å². The van der Waals surface area contributed by atoms with E-state index in [-0.39, 0.29) is 5.56 Å². The van der Waals surface area contributed by atoms with Crippen LogP contribution in [0.5, 0.6) is 0 Å². The van der Waals surface area contributed by atoms with Crippen molar-refractivity contribution in [3.63, 3.8) is 0 Å². The van der Waals surface area contributed by atoms with Gasteiger partial charge in [-0.25, -0.2) is 4.79 Å². The lowest BCUT2D eigenvalue weighted by Crippen LogP contribution is -2.06. The summed E-state index contributed by atoms with van der Waals surface area (Å²) in [5.41, 5.74) is 0.252. The molecule has 0 fully saturated rings. The van der Waals surface area contributed by atoms with Crippen LogP contribution in [0.15, 0.2) is 25.8 Å². The van der Waals surface area contributed by atoms with Gasteiger partial charge in [0, 0.05) is 9.86 Å². The van der Waals surface area contributed by atoms with Crippen molar-refractivity contribution in [2.75, 3.05) is 0 Å². The molecule has 0 aliphatic carbocycles. The van der Waals surface area contributed by atoms with Crippen LogP contribution in [0.25, 0.3) is 11.0 Å². The standard InChI is InChI=1S/C11H5BrClNO2/c1-5-7-2-6(12)3-9(13)10(7)16-11(15)8(5)4-14/h2-3H,1H3. The van der Waals surface area contributed by atoms with Gasteiger partial charge in [-0.1, -0.05) is 27.5 Å². The molecule has 0 bridgehead atoms. The van der Waals surface area contributed by atoms with Gasteiger partial charge >= 0.3 is 5.63 Å². The van der Waals surface area contributed by atoms with E-state index in [1.165, 1.54) is 0 Å². The smallest absolute Gasteiger partial charge is 0.354 e. The van der Waals surface area contributed by atoms with Gasteiger partial charge in [-0.05, 0) is 24.6 Å². The van der Waals surface area contributed by atoms with Gasteiger partial charge in [0.25, 0.3) is 0 Å². The van der Waals surface area contributed by atoms with E-state index in [4.69, 9.17) is 21.3 Å². The summed E-state index contributed by atoms with van der Waals surface area (Å²) in [6.07, 6.45) is 0. The normalized spacial score (nSPS) is 10.4. The van der Waals surface area contributed by atoms with Crippen molar-refractivity contribution in [1.82, 2.24) is 0 Å². The molecule has 80 valence electrons. The van der Waals surface area contributed by atoms with Crippen LogP contribution in [0.3, 0.4) is 0 Å². The maximum atomic E-state index is 11.5. The molecule has 1 aromatic carbocycles. The number of benzene rings is 1. The van der Waals surface area contributed by atoms with Gasteiger partial charge in [0.05, 0.1) is 5.02 Å². The Labute approximate surface area is 104 Å². The average Bonchev–Trinajstić information content (AvgIpc) is 2.21. The van der Waals surface area contributed by atoms with Crippen molar-refractivity contribution in [3.8, 4) is 6.07 Å². The fourth-order valence-corrected chi connectivity index (χ4v) is 2.35. The lowest BCUT2D eigenvalue weighted by molar-refractivity contribution is 0.557. The van der Waals surface area contributed by atoms with E-state index in [2.05, 4.69) is 15.9 Å². The van der Waals surface area contributed by atoms with E-state index in [0.29, 0.717) is 21.6 Å². The number of fused-ring (bicyclic) bond motifs is 1. The van der Waals surface area contributed by atoms with E-state index in [1.54, 1.807) is 19.1 Å². The predicted molar refractivity (Wildman–Crippen MR) is 64.6 cm³/mol. The Morgan fingerprint density at radius 2 is 2.19 bits per heavy atom. The molecule has 16 heavy (non-hydrogen) atoms. The Hall–Kier alpha value is -1.31. The third kappa shape index (κ3) is 1.62. The maximum absolute atomic E-state index is 11.5.